The highest BCUT2D eigenvalue weighted by Crippen LogP contribution is 2.36. The lowest BCUT2D eigenvalue weighted by molar-refractivity contribution is 0.0597. The Kier molecular flexibility index (Phi) is 5.75. The van der Waals surface area contributed by atoms with Gasteiger partial charge in [-0.1, -0.05) is 17.7 Å². The normalized spacial score (nSPS) is 10.5. The highest BCUT2D eigenvalue weighted by Gasteiger charge is 2.19. The molecule has 2 aromatic carbocycles. The Morgan fingerprint density at radius 3 is 2.54 bits per heavy atom. The fourth-order valence-corrected chi connectivity index (χ4v) is 2.65. The van der Waals surface area contributed by atoms with Crippen molar-refractivity contribution in [3.8, 4) is 28.5 Å². The molecular formula is C20H14ClF2NO4. The zero-order valence-electron chi connectivity index (χ0n) is 14.8. The summed E-state index contributed by atoms with van der Waals surface area (Å²) in [6, 6.07) is 9.72. The van der Waals surface area contributed by atoms with E-state index in [4.69, 9.17) is 25.8 Å². The number of carbonyl (C=O) groups excluding carboxylic acids is 1. The molecule has 0 N–H and O–H groups in total. The van der Waals surface area contributed by atoms with Crippen molar-refractivity contribution in [3.05, 3.63) is 70.9 Å². The molecule has 0 bridgehead atoms. The van der Waals surface area contributed by atoms with Crippen molar-refractivity contribution < 1.29 is 27.8 Å². The third-order valence-electron chi connectivity index (χ3n) is 3.86. The molecule has 8 heteroatoms. The number of pyridine rings is 1. The number of esters is 1. The third kappa shape index (κ3) is 3.89. The van der Waals surface area contributed by atoms with Gasteiger partial charge in [-0.2, -0.15) is 0 Å². The molecule has 1 aromatic heterocycles. The number of aromatic nitrogens is 1. The van der Waals surface area contributed by atoms with E-state index in [1.807, 2.05) is 0 Å². The minimum absolute atomic E-state index is 0.00468. The Balaban J connectivity index is 2.09. The van der Waals surface area contributed by atoms with Gasteiger partial charge in [0, 0.05) is 23.9 Å². The molecule has 144 valence electrons. The van der Waals surface area contributed by atoms with E-state index < -0.39 is 17.6 Å². The number of methoxy groups -OCH3 is 2. The molecular weight excluding hydrogens is 392 g/mol. The fourth-order valence-electron chi connectivity index (χ4n) is 2.44. The molecule has 1 heterocycles. The van der Waals surface area contributed by atoms with Crippen LogP contribution in [0.4, 0.5) is 8.78 Å². The van der Waals surface area contributed by atoms with Crippen molar-refractivity contribution in [1.29, 1.82) is 0 Å². The SMILES string of the molecule is COC(=O)c1cnc(-c2cccc(F)c2F)cc1Oc1ccc(OC)cc1Cl. The smallest absolute Gasteiger partial charge is 0.343 e. The zero-order chi connectivity index (χ0) is 20.3. The molecule has 0 aliphatic rings. The summed E-state index contributed by atoms with van der Waals surface area (Å²) in [6.07, 6.45) is 1.16. The second-order valence-electron chi connectivity index (χ2n) is 5.56. The molecule has 0 aliphatic carbocycles. The maximum Gasteiger partial charge on any atom is 0.343 e. The van der Waals surface area contributed by atoms with Crippen LogP contribution < -0.4 is 9.47 Å². The molecule has 0 fully saturated rings. The van der Waals surface area contributed by atoms with Crippen LogP contribution in [0.2, 0.25) is 5.02 Å². The Bertz CT molecular complexity index is 1040. The average Bonchev–Trinajstić information content (AvgIpc) is 2.71. The first kappa shape index (κ1) is 19.6. The number of ether oxygens (including phenoxy) is 3. The van der Waals surface area contributed by atoms with Crippen LogP contribution in [0.25, 0.3) is 11.3 Å². The van der Waals surface area contributed by atoms with Crippen LogP contribution in [0.15, 0.2) is 48.7 Å². The number of halogens is 3. The second kappa shape index (κ2) is 8.22. The van der Waals surface area contributed by atoms with Gasteiger partial charge in [-0.25, -0.2) is 13.6 Å². The number of carbonyl (C=O) groups is 1. The van der Waals surface area contributed by atoms with Crippen LogP contribution in [-0.2, 0) is 4.74 Å². The van der Waals surface area contributed by atoms with Crippen LogP contribution in [0, 0.1) is 11.6 Å². The highest BCUT2D eigenvalue weighted by molar-refractivity contribution is 6.32. The van der Waals surface area contributed by atoms with Crippen molar-refractivity contribution in [2.45, 2.75) is 0 Å². The van der Waals surface area contributed by atoms with Crippen LogP contribution in [0.5, 0.6) is 17.2 Å². The first-order valence-electron chi connectivity index (χ1n) is 7.98. The lowest BCUT2D eigenvalue weighted by atomic mass is 10.1. The van der Waals surface area contributed by atoms with E-state index >= 15 is 0 Å². The molecule has 0 aliphatic heterocycles. The van der Waals surface area contributed by atoms with Gasteiger partial charge in [0.25, 0.3) is 0 Å². The van der Waals surface area contributed by atoms with Gasteiger partial charge in [0.2, 0.25) is 0 Å². The third-order valence-corrected chi connectivity index (χ3v) is 4.15. The van der Waals surface area contributed by atoms with Gasteiger partial charge >= 0.3 is 5.97 Å². The molecule has 0 unspecified atom stereocenters. The van der Waals surface area contributed by atoms with Crippen molar-refractivity contribution in [2.24, 2.45) is 0 Å². The lowest BCUT2D eigenvalue weighted by Crippen LogP contribution is -2.05. The molecule has 0 saturated heterocycles. The van der Waals surface area contributed by atoms with Gasteiger partial charge in [-0.05, 0) is 24.3 Å². The molecule has 3 rings (SSSR count). The monoisotopic (exact) mass is 405 g/mol. The molecule has 0 atom stereocenters. The molecule has 5 nitrogen and oxygen atoms in total. The van der Waals surface area contributed by atoms with Gasteiger partial charge in [0.15, 0.2) is 11.6 Å². The largest absolute Gasteiger partial charge is 0.497 e. The van der Waals surface area contributed by atoms with E-state index in [0.717, 1.165) is 12.3 Å². The van der Waals surface area contributed by atoms with E-state index in [1.165, 1.54) is 38.5 Å². The lowest BCUT2D eigenvalue weighted by Gasteiger charge is -2.13. The van der Waals surface area contributed by atoms with Gasteiger partial charge in [-0.3, -0.25) is 4.98 Å². The number of rotatable bonds is 5. The Morgan fingerprint density at radius 1 is 1.07 bits per heavy atom. The van der Waals surface area contributed by atoms with E-state index in [-0.39, 0.29) is 33.3 Å². The van der Waals surface area contributed by atoms with E-state index in [1.54, 1.807) is 12.1 Å². The molecule has 28 heavy (non-hydrogen) atoms. The summed E-state index contributed by atoms with van der Waals surface area (Å²) in [4.78, 5) is 16.1. The van der Waals surface area contributed by atoms with Crippen LogP contribution in [-0.4, -0.2) is 25.2 Å². The standard InChI is InChI=1S/C20H14ClF2NO4/c1-26-11-6-7-17(14(21)8-11)28-18-9-16(24-10-13(18)20(25)27-2)12-4-3-5-15(22)19(12)23/h3-10H,1-2H3. The van der Waals surface area contributed by atoms with E-state index in [9.17, 15) is 13.6 Å². The maximum atomic E-state index is 14.1. The van der Waals surface area contributed by atoms with Crippen molar-refractivity contribution in [1.82, 2.24) is 4.98 Å². The molecule has 0 saturated carbocycles. The molecule has 0 amide bonds. The van der Waals surface area contributed by atoms with E-state index in [0.29, 0.717) is 5.75 Å². The summed E-state index contributed by atoms with van der Waals surface area (Å²) in [5.41, 5.74) is -0.0127. The van der Waals surface area contributed by atoms with E-state index in [2.05, 4.69) is 4.98 Å². The summed E-state index contributed by atoms with van der Waals surface area (Å²) in [7, 11) is 2.69. The van der Waals surface area contributed by atoms with Crippen LogP contribution in [0.3, 0.4) is 0 Å². The van der Waals surface area contributed by atoms with Gasteiger partial charge in [0.1, 0.15) is 22.8 Å². The maximum absolute atomic E-state index is 14.1. The van der Waals surface area contributed by atoms with Crippen LogP contribution >= 0.6 is 11.6 Å². The minimum atomic E-state index is -1.06. The van der Waals surface area contributed by atoms with Gasteiger partial charge < -0.3 is 14.2 Å². The number of hydrogen-bond donors (Lipinski definition) is 0. The zero-order valence-corrected chi connectivity index (χ0v) is 15.6. The molecule has 0 radical (unpaired) electrons. The summed E-state index contributed by atoms with van der Waals surface area (Å²) < 4.78 is 43.3. The number of nitrogens with zero attached hydrogens (tertiary/aromatic N) is 1. The quantitative estimate of drug-likeness (QED) is 0.541. The summed E-state index contributed by atoms with van der Waals surface area (Å²) in [5, 5.41) is 0.227. The fraction of sp³-hybridized carbons (Fsp3) is 0.100. The Hall–Kier alpha value is -3.19. The average molecular weight is 406 g/mol. The first-order valence-corrected chi connectivity index (χ1v) is 8.36. The Labute approximate surface area is 164 Å². The second-order valence-corrected chi connectivity index (χ2v) is 5.96. The van der Waals surface area contributed by atoms with Crippen molar-refractivity contribution >= 4 is 17.6 Å². The number of hydrogen-bond acceptors (Lipinski definition) is 5. The first-order chi connectivity index (χ1) is 13.4. The van der Waals surface area contributed by atoms with Gasteiger partial charge in [0.05, 0.1) is 24.9 Å². The topological polar surface area (TPSA) is 57.7 Å². The van der Waals surface area contributed by atoms with Crippen molar-refractivity contribution in [3.63, 3.8) is 0 Å². The highest BCUT2D eigenvalue weighted by atomic mass is 35.5. The molecule has 0 spiro atoms. The summed E-state index contributed by atoms with van der Waals surface area (Å²) in [5.74, 6) is -2.02. The van der Waals surface area contributed by atoms with Crippen molar-refractivity contribution in [2.75, 3.05) is 14.2 Å². The van der Waals surface area contributed by atoms with Gasteiger partial charge in [-0.15, -0.1) is 0 Å². The predicted molar refractivity (Wildman–Crippen MR) is 99.0 cm³/mol. The molecule has 3 aromatic rings. The Morgan fingerprint density at radius 2 is 1.86 bits per heavy atom. The summed E-state index contributed by atoms with van der Waals surface area (Å²) >= 11 is 6.18. The summed E-state index contributed by atoms with van der Waals surface area (Å²) in [6.45, 7) is 0. The number of benzene rings is 2. The van der Waals surface area contributed by atoms with Crippen LogP contribution in [0.1, 0.15) is 10.4 Å². The minimum Gasteiger partial charge on any atom is -0.497 e. The predicted octanol–water partition coefficient (Wildman–Crippen LogP) is 5.27.